The van der Waals surface area contributed by atoms with E-state index in [0.29, 0.717) is 0 Å². The van der Waals surface area contributed by atoms with Gasteiger partial charge in [0.05, 0.1) is 0 Å². The van der Waals surface area contributed by atoms with Crippen LogP contribution in [-0.4, -0.2) is 11.9 Å². The third-order valence-corrected chi connectivity index (χ3v) is 3.90. The van der Waals surface area contributed by atoms with Crippen molar-refractivity contribution in [2.24, 2.45) is 0 Å². The van der Waals surface area contributed by atoms with Gasteiger partial charge in [0, 0.05) is 0 Å². The zero-order valence-corrected chi connectivity index (χ0v) is 15.3. The van der Waals surface area contributed by atoms with Crippen LogP contribution in [0.2, 0.25) is 0 Å². The minimum Gasteiger partial charge on any atom is -0.457 e. The lowest BCUT2D eigenvalue weighted by Gasteiger charge is -2.09. The summed E-state index contributed by atoms with van der Waals surface area (Å²) in [6, 6.07) is 14.8. The van der Waals surface area contributed by atoms with Crippen molar-refractivity contribution in [3.8, 4) is 0 Å². The van der Waals surface area contributed by atoms with E-state index in [2.05, 4.69) is 13.2 Å². The van der Waals surface area contributed by atoms with Crippen LogP contribution >= 0.6 is 0 Å². The quantitative estimate of drug-likeness (QED) is 0.295. The first-order valence-electron chi connectivity index (χ1n) is 8.50. The maximum Gasteiger partial charge on any atom is 0.345 e. The molecule has 0 amide bonds. The van der Waals surface area contributed by atoms with Gasteiger partial charge in [-0.05, 0) is 29.2 Å². The molecule has 4 nitrogen and oxygen atoms in total. The van der Waals surface area contributed by atoms with E-state index in [1.54, 1.807) is 19.1 Å². The molecule has 0 spiro atoms. The molecule has 2 aromatic rings. The largest absolute Gasteiger partial charge is 0.457 e. The van der Waals surface area contributed by atoms with Crippen LogP contribution in [-0.2, 0) is 32.3 Å². The summed E-state index contributed by atoms with van der Waals surface area (Å²) < 4.78 is 10.4. The highest BCUT2D eigenvalue weighted by atomic mass is 16.6. The predicted molar refractivity (Wildman–Crippen MR) is 106 cm³/mol. The van der Waals surface area contributed by atoms with Gasteiger partial charge in [0.25, 0.3) is 0 Å². The van der Waals surface area contributed by atoms with E-state index in [1.165, 1.54) is 6.08 Å². The van der Waals surface area contributed by atoms with Crippen molar-refractivity contribution in [2.45, 2.75) is 20.1 Å². The molecule has 0 aliphatic rings. The molecule has 0 bridgehead atoms. The molecule has 0 aromatic heterocycles. The van der Waals surface area contributed by atoms with Crippen LogP contribution in [0.4, 0.5) is 0 Å². The highest BCUT2D eigenvalue weighted by Gasteiger charge is 2.20. The zero-order valence-electron chi connectivity index (χ0n) is 15.3. The Balaban J connectivity index is 1.89. The second kappa shape index (κ2) is 9.92. The maximum absolute atomic E-state index is 12.2. The van der Waals surface area contributed by atoms with Crippen molar-refractivity contribution in [1.82, 2.24) is 0 Å². The SMILES string of the molecule is C=Cc1ccc(COC(=O)C(=CC)C(=O)OCc2ccc(C=C)cc2)cc1. The smallest absolute Gasteiger partial charge is 0.345 e. The predicted octanol–water partition coefficient (Wildman–Crippen LogP) is 4.71. The van der Waals surface area contributed by atoms with Gasteiger partial charge in [-0.15, -0.1) is 0 Å². The van der Waals surface area contributed by atoms with Crippen molar-refractivity contribution in [3.63, 3.8) is 0 Å². The van der Waals surface area contributed by atoms with Crippen molar-refractivity contribution in [2.75, 3.05) is 0 Å². The van der Waals surface area contributed by atoms with Crippen molar-refractivity contribution in [1.29, 1.82) is 0 Å². The maximum atomic E-state index is 12.2. The molecule has 0 heterocycles. The van der Waals surface area contributed by atoms with Gasteiger partial charge < -0.3 is 9.47 Å². The van der Waals surface area contributed by atoms with E-state index >= 15 is 0 Å². The topological polar surface area (TPSA) is 52.6 Å². The molecule has 0 aliphatic heterocycles. The first-order valence-corrected chi connectivity index (χ1v) is 8.50. The first kappa shape index (κ1) is 19.9. The minimum absolute atomic E-state index is 0.0733. The molecule has 0 fully saturated rings. The van der Waals surface area contributed by atoms with Crippen LogP contribution < -0.4 is 0 Å². The van der Waals surface area contributed by atoms with Crippen molar-refractivity contribution < 1.29 is 19.1 Å². The van der Waals surface area contributed by atoms with Gasteiger partial charge in [-0.1, -0.05) is 79.9 Å². The van der Waals surface area contributed by atoms with Gasteiger partial charge in [0.1, 0.15) is 18.8 Å². The number of ether oxygens (including phenoxy) is 2. The number of hydrogen-bond donors (Lipinski definition) is 0. The summed E-state index contributed by atoms with van der Waals surface area (Å²) in [5.74, 6) is -1.42. The van der Waals surface area contributed by atoms with Crippen molar-refractivity contribution >= 4 is 24.1 Å². The van der Waals surface area contributed by atoms with E-state index in [-0.39, 0.29) is 18.8 Å². The fraction of sp³-hybridized carbons (Fsp3) is 0.130. The molecule has 2 rings (SSSR count). The highest BCUT2D eigenvalue weighted by molar-refractivity contribution is 6.13. The lowest BCUT2D eigenvalue weighted by molar-refractivity contribution is -0.148. The molecular weight excluding hydrogens is 340 g/mol. The molecule has 0 unspecified atom stereocenters. The van der Waals surface area contributed by atoms with E-state index in [4.69, 9.17) is 9.47 Å². The Morgan fingerprint density at radius 3 is 1.44 bits per heavy atom. The summed E-state index contributed by atoms with van der Waals surface area (Å²) in [5.41, 5.74) is 3.47. The summed E-state index contributed by atoms with van der Waals surface area (Å²) in [6.07, 6.45) is 4.86. The summed E-state index contributed by atoms with van der Waals surface area (Å²) in [7, 11) is 0. The summed E-state index contributed by atoms with van der Waals surface area (Å²) >= 11 is 0. The Morgan fingerprint density at radius 2 is 1.15 bits per heavy atom. The Hall–Kier alpha value is -3.40. The molecule has 0 radical (unpaired) electrons. The van der Waals surface area contributed by atoms with Crippen LogP contribution in [0.15, 0.2) is 73.3 Å². The Bertz CT molecular complexity index is 773. The number of rotatable bonds is 8. The average Bonchev–Trinajstić information content (AvgIpc) is 2.72. The van der Waals surface area contributed by atoms with Gasteiger partial charge in [-0.3, -0.25) is 0 Å². The number of hydrogen-bond acceptors (Lipinski definition) is 4. The van der Waals surface area contributed by atoms with E-state index in [9.17, 15) is 9.59 Å². The number of carbonyl (C=O) groups is 2. The van der Waals surface area contributed by atoms with Crippen LogP contribution in [0.1, 0.15) is 29.2 Å². The first-order chi connectivity index (χ1) is 13.1. The molecule has 138 valence electrons. The summed E-state index contributed by atoms with van der Waals surface area (Å²) in [4.78, 5) is 24.4. The molecular formula is C23H22O4. The highest BCUT2D eigenvalue weighted by Crippen LogP contribution is 2.11. The Labute approximate surface area is 159 Å². The lowest BCUT2D eigenvalue weighted by atomic mass is 10.1. The van der Waals surface area contributed by atoms with Gasteiger partial charge in [0.15, 0.2) is 0 Å². The molecule has 0 saturated heterocycles. The van der Waals surface area contributed by atoms with Crippen LogP contribution in [0.5, 0.6) is 0 Å². The average molecular weight is 362 g/mol. The Morgan fingerprint density at radius 1 is 0.778 bits per heavy atom. The standard InChI is InChI=1S/C23H22O4/c1-4-17-7-11-19(12-8-17)15-26-22(24)21(6-3)23(25)27-16-20-13-9-18(5-2)10-14-20/h4-14H,1-2,15-16H2,3H3. The lowest BCUT2D eigenvalue weighted by Crippen LogP contribution is -2.18. The van der Waals surface area contributed by atoms with Crippen LogP contribution in [0, 0.1) is 0 Å². The number of allylic oxidation sites excluding steroid dienone is 1. The van der Waals surface area contributed by atoms with Crippen LogP contribution in [0.25, 0.3) is 12.2 Å². The fourth-order valence-corrected chi connectivity index (χ4v) is 2.27. The van der Waals surface area contributed by atoms with Gasteiger partial charge >= 0.3 is 11.9 Å². The van der Waals surface area contributed by atoms with Gasteiger partial charge in [-0.25, -0.2) is 9.59 Å². The van der Waals surface area contributed by atoms with Gasteiger partial charge in [0.2, 0.25) is 0 Å². The Kier molecular flexibility index (Phi) is 7.32. The molecule has 4 heteroatoms. The second-order valence-electron chi connectivity index (χ2n) is 5.75. The molecule has 0 N–H and O–H groups in total. The summed E-state index contributed by atoms with van der Waals surface area (Å²) in [6.45, 7) is 9.12. The molecule has 0 saturated carbocycles. The molecule has 0 aliphatic carbocycles. The van der Waals surface area contributed by atoms with E-state index in [0.717, 1.165) is 22.3 Å². The number of carbonyl (C=O) groups excluding carboxylic acids is 2. The number of benzene rings is 2. The van der Waals surface area contributed by atoms with Crippen molar-refractivity contribution in [3.05, 3.63) is 95.6 Å². The molecule has 27 heavy (non-hydrogen) atoms. The third kappa shape index (κ3) is 5.82. The second-order valence-corrected chi connectivity index (χ2v) is 5.75. The van der Waals surface area contributed by atoms with E-state index in [1.807, 2.05) is 48.5 Å². The monoisotopic (exact) mass is 362 g/mol. The van der Waals surface area contributed by atoms with Gasteiger partial charge in [-0.2, -0.15) is 0 Å². The van der Waals surface area contributed by atoms with Crippen LogP contribution in [0.3, 0.4) is 0 Å². The molecule has 2 aromatic carbocycles. The summed E-state index contributed by atoms with van der Waals surface area (Å²) in [5, 5.41) is 0. The number of esters is 2. The normalized spacial score (nSPS) is 9.81. The van der Waals surface area contributed by atoms with E-state index < -0.39 is 11.9 Å². The minimum atomic E-state index is -0.711. The molecule has 0 atom stereocenters. The third-order valence-electron chi connectivity index (χ3n) is 3.90. The fourth-order valence-electron chi connectivity index (χ4n) is 2.27. The zero-order chi connectivity index (χ0) is 19.6.